The Balaban J connectivity index is 2.00. The van der Waals surface area contributed by atoms with Gasteiger partial charge in [0.25, 0.3) is 0 Å². The number of aromatic nitrogens is 4. The average molecular weight is 302 g/mol. The van der Waals surface area contributed by atoms with Gasteiger partial charge in [0.2, 0.25) is 5.91 Å². The van der Waals surface area contributed by atoms with E-state index in [1.165, 1.54) is 0 Å². The van der Waals surface area contributed by atoms with Crippen molar-refractivity contribution in [1.82, 2.24) is 20.4 Å². The number of rotatable bonds is 1. The molecule has 3 N–H and O–H groups in total. The van der Waals surface area contributed by atoms with Crippen LogP contribution in [-0.4, -0.2) is 26.3 Å². The molecule has 0 fully saturated rings. The topological polar surface area (TPSA) is 86.5 Å². The number of aromatic amines is 2. The van der Waals surface area contributed by atoms with E-state index in [4.69, 9.17) is 11.6 Å². The van der Waals surface area contributed by atoms with Gasteiger partial charge in [-0.1, -0.05) is 11.6 Å². The molecule has 0 bridgehead atoms. The number of hydrogen-bond donors (Lipinski definition) is 3. The second kappa shape index (κ2) is 4.33. The Bertz CT molecular complexity index is 866. The summed E-state index contributed by atoms with van der Waals surface area (Å²) in [6.07, 6.45) is 2.08. The molecule has 1 aliphatic rings. The van der Waals surface area contributed by atoms with Crippen molar-refractivity contribution in [1.29, 1.82) is 0 Å². The van der Waals surface area contributed by atoms with Crippen LogP contribution in [0.4, 0.5) is 5.69 Å². The largest absolute Gasteiger partial charge is 0.326 e. The second-order valence-corrected chi connectivity index (χ2v) is 5.59. The molecule has 2 aromatic heterocycles. The number of halogens is 1. The third-order valence-corrected chi connectivity index (χ3v) is 4.38. The summed E-state index contributed by atoms with van der Waals surface area (Å²) < 4.78 is 0. The van der Waals surface area contributed by atoms with Crippen LogP contribution >= 0.6 is 11.6 Å². The number of benzene rings is 1. The standard InChI is InChI=1S/C14H12ClN5O/c1-6-12(15)14(20-18-6)8-4-10(21)17-9-3-2-7-5-16-19-13(7)11(8)9/h2-3,5,8H,4H2,1H3,(H,16,19)(H,17,21)(H,18,20). The van der Waals surface area contributed by atoms with E-state index in [9.17, 15) is 4.79 Å². The highest BCUT2D eigenvalue weighted by atomic mass is 35.5. The van der Waals surface area contributed by atoms with Gasteiger partial charge in [0.05, 0.1) is 28.1 Å². The van der Waals surface area contributed by atoms with Crippen molar-refractivity contribution < 1.29 is 4.79 Å². The summed E-state index contributed by atoms with van der Waals surface area (Å²) >= 11 is 6.33. The first-order valence-electron chi connectivity index (χ1n) is 6.61. The molecule has 0 aliphatic carbocycles. The zero-order valence-corrected chi connectivity index (χ0v) is 12.0. The summed E-state index contributed by atoms with van der Waals surface area (Å²) in [5, 5.41) is 18.7. The van der Waals surface area contributed by atoms with Crippen molar-refractivity contribution in [2.45, 2.75) is 19.3 Å². The number of aryl methyl sites for hydroxylation is 1. The smallest absolute Gasteiger partial charge is 0.225 e. The second-order valence-electron chi connectivity index (χ2n) is 5.21. The highest BCUT2D eigenvalue weighted by Crippen LogP contribution is 2.42. The van der Waals surface area contributed by atoms with Gasteiger partial charge in [-0.3, -0.25) is 15.0 Å². The van der Waals surface area contributed by atoms with Gasteiger partial charge in [0.15, 0.2) is 0 Å². The molecule has 1 unspecified atom stereocenters. The van der Waals surface area contributed by atoms with E-state index in [0.29, 0.717) is 17.1 Å². The van der Waals surface area contributed by atoms with Gasteiger partial charge in [0.1, 0.15) is 0 Å². The summed E-state index contributed by atoms with van der Waals surface area (Å²) in [6.45, 7) is 1.86. The number of anilines is 1. The predicted molar refractivity (Wildman–Crippen MR) is 79.5 cm³/mol. The lowest BCUT2D eigenvalue weighted by atomic mass is 9.86. The minimum Gasteiger partial charge on any atom is -0.326 e. The van der Waals surface area contributed by atoms with Crippen molar-refractivity contribution >= 4 is 34.1 Å². The molecular weight excluding hydrogens is 290 g/mol. The molecule has 0 radical (unpaired) electrons. The molecule has 3 aromatic rings. The number of hydrogen-bond acceptors (Lipinski definition) is 3. The Morgan fingerprint density at radius 1 is 1.33 bits per heavy atom. The first kappa shape index (κ1) is 12.4. The van der Waals surface area contributed by atoms with Crippen molar-refractivity contribution in [2.75, 3.05) is 5.32 Å². The summed E-state index contributed by atoms with van der Waals surface area (Å²) in [5.74, 6) is -0.224. The molecule has 1 aromatic carbocycles. The number of nitrogens with one attached hydrogen (secondary N) is 3. The zero-order valence-electron chi connectivity index (χ0n) is 11.2. The minimum absolute atomic E-state index is 0.0388. The van der Waals surface area contributed by atoms with Crippen LogP contribution in [0.5, 0.6) is 0 Å². The fourth-order valence-electron chi connectivity index (χ4n) is 2.89. The van der Waals surface area contributed by atoms with E-state index < -0.39 is 0 Å². The SMILES string of the molecule is Cc1[nH]nc(C2CC(=O)Nc3ccc4cn[nH]c4c32)c1Cl. The van der Waals surface area contributed by atoms with Crippen molar-refractivity contribution in [3.63, 3.8) is 0 Å². The van der Waals surface area contributed by atoms with Gasteiger partial charge in [-0.2, -0.15) is 10.2 Å². The van der Waals surface area contributed by atoms with Gasteiger partial charge in [-0.15, -0.1) is 0 Å². The maximum atomic E-state index is 12.0. The van der Waals surface area contributed by atoms with Crippen LogP contribution < -0.4 is 5.32 Å². The van der Waals surface area contributed by atoms with E-state index in [1.54, 1.807) is 6.20 Å². The van der Waals surface area contributed by atoms with Crippen LogP contribution in [0.3, 0.4) is 0 Å². The Hall–Kier alpha value is -2.34. The van der Waals surface area contributed by atoms with Crippen molar-refractivity contribution in [3.8, 4) is 0 Å². The summed E-state index contributed by atoms with van der Waals surface area (Å²) in [4.78, 5) is 12.0. The molecule has 1 amide bonds. The first-order chi connectivity index (χ1) is 10.1. The summed E-state index contributed by atoms with van der Waals surface area (Å²) in [5.41, 5.74) is 4.18. The van der Waals surface area contributed by atoms with Crippen molar-refractivity contribution in [3.05, 3.63) is 40.3 Å². The molecule has 0 saturated carbocycles. The molecule has 0 saturated heterocycles. The molecule has 1 aliphatic heterocycles. The maximum absolute atomic E-state index is 12.0. The quantitative estimate of drug-likeness (QED) is 0.646. The lowest BCUT2D eigenvalue weighted by Crippen LogP contribution is -2.24. The van der Waals surface area contributed by atoms with Crippen LogP contribution in [0.15, 0.2) is 18.3 Å². The monoisotopic (exact) mass is 301 g/mol. The van der Waals surface area contributed by atoms with E-state index >= 15 is 0 Å². The summed E-state index contributed by atoms with van der Waals surface area (Å²) in [6, 6.07) is 3.82. The Labute approximate surface area is 124 Å². The van der Waals surface area contributed by atoms with E-state index in [0.717, 1.165) is 27.8 Å². The normalized spacial score (nSPS) is 17.8. The van der Waals surface area contributed by atoms with E-state index in [-0.39, 0.29) is 11.8 Å². The van der Waals surface area contributed by atoms with Crippen molar-refractivity contribution in [2.24, 2.45) is 0 Å². The molecule has 21 heavy (non-hydrogen) atoms. The third-order valence-electron chi connectivity index (χ3n) is 3.90. The number of carbonyl (C=O) groups is 1. The highest BCUT2D eigenvalue weighted by Gasteiger charge is 2.32. The fourth-order valence-corrected chi connectivity index (χ4v) is 3.11. The molecule has 3 heterocycles. The molecule has 106 valence electrons. The van der Waals surface area contributed by atoms with Gasteiger partial charge >= 0.3 is 0 Å². The third kappa shape index (κ3) is 1.76. The van der Waals surface area contributed by atoms with Crippen LogP contribution in [-0.2, 0) is 4.79 Å². The van der Waals surface area contributed by atoms with Gasteiger partial charge in [-0.25, -0.2) is 0 Å². The first-order valence-corrected chi connectivity index (χ1v) is 6.99. The molecule has 6 nitrogen and oxygen atoms in total. The number of amides is 1. The molecule has 1 atom stereocenters. The molecule has 0 spiro atoms. The number of H-pyrrole nitrogens is 2. The van der Waals surface area contributed by atoms with Gasteiger partial charge < -0.3 is 5.32 Å². The Morgan fingerprint density at radius 3 is 2.95 bits per heavy atom. The predicted octanol–water partition coefficient (Wildman–Crippen LogP) is 2.72. The maximum Gasteiger partial charge on any atom is 0.225 e. The Kier molecular flexibility index (Phi) is 2.56. The highest BCUT2D eigenvalue weighted by molar-refractivity contribution is 6.32. The van der Waals surface area contributed by atoms with E-state index in [1.807, 2.05) is 19.1 Å². The summed E-state index contributed by atoms with van der Waals surface area (Å²) in [7, 11) is 0. The Morgan fingerprint density at radius 2 is 2.19 bits per heavy atom. The molecule has 7 heteroatoms. The lowest BCUT2D eigenvalue weighted by Gasteiger charge is -2.25. The van der Waals surface area contributed by atoms with E-state index in [2.05, 4.69) is 25.7 Å². The zero-order chi connectivity index (χ0) is 14.6. The number of fused-ring (bicyclic) bond motifs is 3. The average Bonchev–Trinajstić information content (AvgIpc) is 3.06. The van der Waals surface area contributed by atoms with Crippen LogP contribution in [0.1, 0.15) is 29.3 Å². The number of carbonyl (C=O) groups excluding carboxylic acids is 1. The van der Waals surface area contributed by atoms with Gasteiger partial charge in [0, 0.05) is 29.0 Å². The molecule has 4 rings (SSSR count). The molecular formula is C14H12ClN5O. The van der Waals surface area contributed by atoms with Crippen LogP contribution in [0, 0.1) is 6.92 Å². The van der Waals surface area contributed by atoms with Crippen LogP contribution in [0.2, 0.25) is 5.02 Å². The van der Waals surface area contributed by atoms with Gasteiger partial charge in [-0.05, 0) is 19.1 Å². The van der Waals surface area contributed by atoms with Crippen LogP contribution in [0.25, 0.3) is 10.9 Å². The lowest BCUT2D eigenvalue weighted by molar-refractivity contribution is -0.116. The fraction of sp³-hybridized carbons (Fsp3) is 0.214. The number of nitrogens with zero attached hydrogens (tertiary/aromatic N) is 2. The minimum atomic E-state index is -0.185.